The largest absolute Gasteiger partial charge is 0.311 e. The van der Waals surface area contributed by atoms with Crippen molar-refractivity contribution in [2.45, 2.75) is 31.2 Å². The minimum atomic E-state index is 0.473. The lowest BCUT2D eigenvalue weighted by molar-refractivity contribution is 0.181. The van der Waals surface area contributed by atoms with Gasteiger partial charge >= 0.3 is 0 Å². The average Bonchev–Trinajstić information content (AvgIpc) is 2.15. The number of nitrogens with one attached hydrogen (secondary N) is 1. The van der Waals surface area contributed by atoms with Crippen LogP contribution in [-0.2, 0) is 12.8 Å². The van der Waals surface area contributed by atoms with Gasteiger partial charge in [-0.3, -0.25) is 0 Å². The van der Waals surface area contributed by atoms with Crippen molar-refractivity contribution in [1.82, 2.24) is 5.32 Å². The van der Waals surface area contributed by atoms with Gasteiger partial charge in [-0.1, -0.05) is 22.0 Å². The number of fused-ring (bicyclic) bond motifs is 1. The summed E-state index contributed by atoms with van der Waals surface area (Å²) in [7, 11) is 0. The highest BCUT2D eigenvalue weighted by Crippen LogP contribution is 2.35. The third-order valence-corrected chi connectivity index (χ3v) is 4.17. The van der Waals surface area contributed by atoms with Gasteiger partial charge in [-0.2, -0.15) is 0 Å². The van der Waals surface area contributed by atoms with Gasteiger partial charge in [-0.05, 0) is 55.5 Å². The maximum Gasteiger partial charge on any atom is 0.0237 e. The zero-order valence-electron chi connectivity index (χ0n) is 8.15. The Kier molecular flexibility index (Phi) is 1.96. The molecule has 1 aliphatic carbocycles. The lowest BCUT2D eigenvalue weighted by Crippen LogP contribution is -2.59. The molecule has 1 aromatic rings. The Balaban J connectivity index is 1.94. The second-order valence-corrected chi connectivity index (χ2v) is 5.46. The second-order valence-electron chi connectivity index (χ2n) is 4.55. The summed E-state index contributed by atoms with van der Waals surface area (Å²) >= 11 is 3.53. The molecule has 0 aromatic heterocycles. The summed E-state index contributed by atoms with van der Waals surface area (Å²) in [5.41, 5.74) is 3.56. The molecule has 3 rings (SSSR count). The van der Waals surface area contributed by atoms with E-state index in [9.17, 15) is 0 Å². The van der Waals surface area contributed by atoms with Gasteiger partial charge in [0.2, 0.25) is 0 Å². The molecule has 0 amide bonds. The minimum absolute atomic E-state index is 0.473. The maximum atomic E-state index is 3.60. The normalized spacial score (nSPS) is 29.8. The third-order valence-electron chi connectivity index (χ3n) is 3.67. The molecule has 2 aliphatic rings. The van der Waals surface area contributed by atoms with Crippen LogP contribution in [0.2, 0.25) is 0 Å². The van der Waals surface area contributed by atoms with Gasteiger partial charge < -0.3 is 5.32 Å². The first kappa shape index (κ1) is 8.93. The van der Waals surface area contributed by atoms with E-state index in [1.165, 1.54) is 36.7 Å². The predicted molar refractivity (Wildman–Crippen MR) is 61.5 cm³/mol. The first-order valence-electron chi connectivity index (χ1n) is 5.30. The molecule has 2 heteroatoms. The van der Waals surface area contributed by atoms with Gasteiger partial charge in [-0.25, -0.2) is 0 Å². The number of rotatable bonds is 0. The molecule has 0 bridgehead atoms. The molecule has 1 aliphatic heterocycles. The highest BCUT2D eigenvalue weighted by atomic mass is 79.9. The Morgan fingerprint density at radius 2 is 2.07 bits per heavy atom. The molecule has 1 saturated heterocycles. The molecular weight excluding hydrogens is 238 g/mol. The van der Waals surface area contributed by atoms with Crippen LogP contribution in [0.5, 0.6) is 0 Å². The Morgan fingerprint density at radius 1 is 1.21 bits per heavy atom. The van der Waals surface area contributed by atoms with Crippen molar-refractivity contribution in [1.29, 1.82) is 0 Å². The predicted octanol–water partition coefficient (Wildman–Crippen LogP) is 2.67. The van der Waals surface area contributed by atoms with E-state index in [2.05, 4.69) is 39.4 Å². The summed E-state index contributed by atoms with van der Waals surface area (Å²) < 4.78 is 1.22. The first-order valence-corrected chi connectivity index (χ1v) is 6.09. The zero-order chi connectivity index (χ0) is 9.60. The fourth-order valence-electron chi connectivity index (χ4n) is 2.67. The van der Waals surface area contributed by atoms with E-state index >= 15 is 0 Å². The van der Waals surface area contributed by atoms with E-state index in [0.29, 0.717) is 5.54 Å². The summed E-state index contributed by atoms with van der Waals surface area (Å²) in [6, 6.07) is 6.72. The Hall–Kier alpha value is -0.340. The summed E-state index contributed by atoms with van der Waals surface area (Å²) in [6.07, 6.45) is 5.15. The highest BCUT2D eigenvalue weighted by Gasteiger charge is 2.38. The van der Waals surface area contributed by atoms with Gasteiger partial charge in [0.1, 0.15) is 0 Å². The monoisotopic (exact) mass is 251 g/mol. The SMILES string of the molecule is Brc1ccc2c(c1)CCC1(CCN1)C2. The molecule has 14 heavy (non-hydrogen) atoms. The van der Waals surface area contributed by atoms with Crippen molar-refractivity contribution < 1.29 is 0 Å². The Bertz CT molecular complexity index is 369. The van der Waals surface area contributed by atoms with Crippen molar-refractivity contribution >= 4 is 15.9 Å². The standard InChI is InChI=1S/C12H14BrN/c13-11-2-1-10-8-12(5-6-14-12)4-3-9(10)7-11/h1-2,7,14H,3-6,8H2. The number of halogens is 1. The van der Waals surface area contributed by atoms with Gasteiger partial charge in [0, 0.05) is 10.0 Å². The van der Waals surface area contributed by atoms with E-state index in [1.807, 2.05) is 0 Å². The van der Waals surface area contributed by atoms with E-state index < -0.39 is 0 Å². The van der Waals surface area contributed by atoms with Crippen molar-refractivity contribution in [2.24, 2.45) is 0 Å². The lowest BCUT2D eigenvalue weighted by Gasteiger charge is -2.46. The molecule has 1 nitrogen and oxygen atoms in total. The van der Waals surface area contributed by atoms with Crippen LogP contribution in [0.3, 0.4) is 0 Å². The maximum absolute atomic E-state index is 3.60. The van der Waals surface area contributed by atoms with Gasteiger partial charge in [-0.15, -0.1) is 0 Å². The van der Waals surface area contributed by atoms with Gasteiger partial charge in [0.15, 0.2) is 0 Å². The van der Waals surface area contributed by atoms with Crippen LogP contribution >= 0.6 is 15.9 Å². The topological polar surface area (TPSA) is 12.0 Å². The van der Waals surface area contributed by atoms with E-state index in [-0.39, 0.29) is 0 Å². The summed E-state index contributed by atoms with van der Waals surface area (Å²) in [5.74, 6) is 0. The summed E-state index contributed by atoms with van der Waals surface area (Å²) in [6.45, 7) is 1.21. The van der Waals surface area contributed by atoms with E-state index in [4.69, 9.17) is 0 Å². The molecule has 1 N–H and O–H groups in total. The number of aryl methyl sites for hydroxylation is 1. The number of hydrogen-bond acceptors (Lipinski definition) is 1. The smallest absolute Gasteiger partial charge is 0.0237 e. The Labute approximate surface area is 93.0 Å². The first-order chi connectivity index (χ1) is 6.77. The second kappa shape index (κ2) is 3.07. The molecule has 1 atom stereocenters. The fraction of sp³-hybridized carbons (Fsp3) is 0.500. The minimum Gasteiger partial charge on any atom is -0.311 e. The van der Waals surface area contributed by atoms with Crippen LogP contribution in [-0.4, -0.2) is 12.1 Å². The van der Waals surface area contributed by atoms with Crippen LogP contribution in [0.15, 0.2) is 22.7 Å². The van der Waals surface area contributed by atoms with Crippen molar-refractivity contribution in [3.63, 3.8) is 0 Å². The Morgan fingerprint density at radius 3 is 2.79 bits per heavy atom. The molecule has 1 aromatic carbocycles. The third kappa shape index (κ3) is 1.32. The van der Waals surface area contributed by atoms with Crippen LogP contribution in [0.1, 0.15) is 24.0 Å². The highest BCUT2D eigenvalue weighted by molar-refractivity contribution is 9.10. The van der Waals surface area contributed by atoms with Crippen LogP contribution in [0.25, 0.3) is 0 Å². The molecule has 0 radical (unpaired) electrons. The van der Waals surface area contributed by atoms with Crippen molar-refractivity contribution in [3.05, 3.63) is 33.8 Å². The molecule has 74 valence electrons. The van der Waals surface area contributed by atoms with Crippen LogP contribution < -0.4 is 5.32 Å². The van der Waals surface area contributed by atoms with Crippen molar-refractivity contribution in [3.8, 4) is 0 Å². The average molecular weight is 252 g/mol. The van der Waals surface area contributed by atoms with Crippen molar-refractivity contribution in [2.75, 3.05) is 6.54 Å². The van der Waals surface area contributed by atoms with Crippen LogP contribution in [0, 0.1) is 0 Å². The molecule has 1 heterocycles. The zero-order valence-corrected chi connectivity index (χ0v) is 9.73. The molecular formula is C12H14BrN. The van der Waals surface area contributed by atoms with E-state index in [1.54, 1.807) is 11.1 Å². The van der Waals surface area contributed by atoms with Crippen LogP contribution in [0.4, 0.5) is 0 Å². The summed E-state index contributed by atoms with van der Waals surface area (Å²) in [4.78, 5) is 0. The molecule has 0 saturated carbocycles. The number of benzene rings is 1. The van der Waals surface area contributed by atoms with E-state index in [0.717, 1.165) is 0 Å². The number of hydrogen-bond donors (Lipinski definition) is 1. The summed E-state index contributed by atoms with van der Waals surface area (Å²) in [5, 5.41) is 3.60. The quantitative estimate of drug-likeness (QED) is 0.748. The molecule has 1 unspecified atom stereocenters. The molecule has 1 spiro atoms. The fourth-order valence-corrected chi connectivity index (χ4v) is 3.08. The van der Waals surface area contributed by atoms with Gasteiger partial charge in [0.05, 0.1) is 0 Å². The lowest BCUT2D eigenvalue weighted by atomic mass is 9.72. The molecule has 1 fully saturated rings. The van der Waals surface area contributed by atoms with Gasteiger partial charge in [0.25, 0.3) is 0 Å².